The molecule has 2 unspecified atom stereocenters. The zero-order valence-corrected chi connectivity index (χ0v) is 14.3. The standard InChI is InChI=1S/C17H30NOS/c1-5-17(2,19)13-16-15(11-12-20(16)18(3)4)14-9-7-6-8-10-14/h11-12,14,19H,5-10,13H2,1-4H3/q+1. The van der Waals surface area contributed by atoms with E-state index in [2.05, 4.69) is 36.8 Å². The third kappa shape index (κ3) is 3.63. The topological polar surface area (TPSA) is 23.5 Å². The first-order chi connectivity index (χ1) is 9.44. The normalized spacial score (nSPS) is 21.2. The molecule has 1 aliphatic rings. The monoisotopic (exact) mass is 296 g/mol. The van der Waals surface area contributed by atoms with E-state index in [0.717, 1.165) is 18.8 Å². The summed E-state index contributed by atoms with van der Waals surface area (Å²) in [5.74, 6) is 0.736. The minimum Gasteiger partial charge on any atom is -0.390 e. The molecule has 0 radical (unpaired) electrons. The van der Waals surface area contributed by atoms with Crippen LogP contribution in [0.1, 0.15) is 68.7 Å². The summed E-state index contributed by atoms with van der Waals surface area (Å²) in [7, 11) is 4.38. The lowest BCUT2D eigenvalue weighted by Crippen LogP contribution is -2.27. The Labute approximate surface area is 126 Å². The van der Waals surface area contributed by atoms with Crippen molar-refractivity contribution in [2.24, 2.45) is 0 Å². The van der Waals surface area contributed by atoms with Crippen molar-refractivity contribution < 1.29 is 5.11 Å². The zero-order chi connectivity index (χ0) is 14.8. The van der Waals surface area contributed by atoms with E-state index in [1.54, 1.807) is 5.56 Å². The van der Waals surface area contributed by atoms with Gasteiger partial charge in [0.1, 0.15) is 0 Å². The van der Waals surface area contributed by atoms with E-state index < -0.39 is 5.60 Å². The second-order valence-electron chi connectivity index (χ2n) is 6.67. The molecule has 1 heterocycles. The number of nitrogens with zero attached hydrogens (tertiary/aromatic N) is 1. The van der Waals surface area contributed by atoms with E-state index in [1.165, 1.54) is 37.0 Å². The van der Waals surface area contributed by atoms with Crippen molar-refractivity contribution in [1.82, 2.24) is 0 Å². The Morgan fingerprint density at radius 2 is 1.95 bits per heavy atom. The minimum atomic E-state index is -0.567. The lowest BCUT2D eigenvalue weighted by molar-refractivity contribution is 0.0569. The third-order valence-electron chi connectivity index (χ3n) is 4.69. The highest BCUT2D eigenvalue weighted by atomic mass is 32.2. The largest absolute Gasteiger partial charge is 0.390 e. The third-order valence-corrected chi connectivity index (χ3v) is 6.76. The number of hydrogen-bond acceptors (Lipinski definition) is 2. The second kappa shape index (κ2) is 6.59. The average Bonchev–Trinajstić information content (AvgIpc) is 2.83. The molecule has 1 aromatic rings. The summed E-state index contributed by atoms with van der Waals surface area (Å²) in [6.45, 7) is 4.06. The van der Waals surface area contributed by atoms with Gasteiger partial charge >= 0.3 is 0 Å². The molecule has 0 saturated heterocycles. The van der Waals surface area contributed by atoms with Gasteiger partial charge in [-0.3, -0.25) is 0 Å². The maximum atomic E-state index is 10.5. The summed E-state index contributed by atoms with van der Waals surface area (Å²) in [5, 5.41) is 12.9. The molecule has 0 bridgehead atoms. The Kier molecular flexibility index (Phi) is 5.27. The highest BCUT2D eigenvalue weighted by Gasteiger charge is 2.33. The van der Waals surface area contributed by atoms with Crippen LogP contribution < -0.4 is 4.31 Å². The molecule has 0 spiro atoms. The molecule has 1 aliphatic carbocycles. The van der Waals surface area contributed by atoms with Gasteiger partial charge in [-0.1, -0.05) is 26.2 Å². The van der Waals surface area contributed by atoms with Gasteiger partial charge in [-0.25, -0.2) is 0 Å². The van der Waals surface area contributed by atoms with Crippen molar-refractivity contribution >= 4 is 10.7 Å². The van der Waals surface area contributed by atoms with Gasteiger partial charge in [0.2, 0.25) is 0 Å². The van der Waals surface area contributed by atoms with Crippen molar-refractivity contribution in [3.05, 3.63) is 21.9 Å². The van der Waals surface area contributed by atoms with Crippen LogP contribution in [-0.2, 0) is 6.42 Å². The van der Waals surface area contributed by atoms with E-state index in [9.17, 15) is 5.11 Å². The van der Waals surface area contributed by atoms with Crippen LogP contribution >= 0.6 is 10.7 Å². The average molecular weight is 296 g/mol. The molecular formula is C17H30NOS+. The van der Waals surface area contributed by atoms with Crippen molar-refractivity contribution in [3.8, 4) is 0 Å². The SMILES string of the molecule is CCC(C)(O)Cc1c(C2CCCCC2)cc[s+]1N(C)C. The Balaban J connectivity index is 2.31. The molecule has 20 heavy (non-hydrogen) atoms. The fraction of sp³-hybridized carbons (Fsp3) is 0.765. The lowest BCUT2D eigenvalue weighted by Gasteiger charge is -2.24. The van der Waals surface area contributed by atoms with Gasteiger partial charge in [-0.05, 0) is 32.1 Å². The summed E-state index contributed by atoms with van der Waals surface area (Å²) in [5.41, 5.74) is 0.984. The number of rotatable bonds is 5. The molecule has 114 valence electrons. The smallest absolute Gasteiger partial charge is 0.178 e. The van der Waals surface area contributed by atoms with E-state index in [0.29, 0.717) is 0 Å². The molecule has 0 aromatic carbocycles. The zero-order valence-electron chi connectivity index (χ0n) is 13.5. The Morgan fingerprint density at radius 3 is 2.50 bits per heavy atom. The molecule has 2 atom stereocenters. The first-order valence-corrected chi connectivity index (χ1v) is 9.23. The van der Waals surface area contributed by atoms with E-state index >= 15 is 0 Å². The van der Waals surface area contributed by atoms with Gasteiger partial charge in [0.25, 0.3) is 0 Å². The highest BCUT2D eigenvalue weighted by Crippen LogP contribution is 2.41. The first kappa shape index (κ1) is 16.0. The lowest BCUT2D eigenvalue weighted by atomic mass is 9.83. The number of thiophene rings is 1. The van der Waals surface area contributed by atoms with Gasteiger partial charge in [-0.15, -0.1) is 4.31 Å². The molecule has 1 aromatic heterocycles. The van der Waals surface area contributed by atoms with Crippen molar-refractivity contribution in [2.75, 3.05) is 18.4 Å². The molecule has 1 saturated carbocycles. The summed E-state index contributed by atoms with van der Waals surface area (Å²) in [4.78, 5) is 1.49. The number of aliphatic hydroxyl groups is 1. The molecule has 2 rings (SSSR count). The maximum Gasteiger partial charge on any atom is 0.178 e. The van der Waals surface area contributed by atoms with Gasteiger partial charge in [0, 0.05) is 25.7 Å². The minimum absolute atomic E-state index is 0.0758. The molecule has 0 aliphatic heterocycles. The summed E-state index contributed by atoms with van der Waals surface area (Å²) in [6.07, 6.45) is 8.45. The Morgan fingerprint density at radius 1 is 1.30 bits per heavy atom. The van der Waals surface area contributed by atoms with Gasteiger partial charge in [0.05, 0.1) is 22.7 Å². The summed E-state index contributed by atoms with van der Waals surface area (Å²) >= 11 is 0. The van der Waals surface area contributed by atoms with Gasteiger partial charge < -0.3 is 5.11 Å². The molecule has 3 heteroatoms. The van der Waals surface area contributed by atoms with Crippen LogP contribution in [0.2, 0.25) is 0 Å². The van der Waals surface area contributed by atoms with Crippen LogP contribution in [-0.4, -0.2) is 24.8 Å². The second-order valence-corrected chi connectivity index (χ2v) is 8.79. The molecule has 1 N–H and O–H groups in total. The van der Waals surface area contributed by atoms with Crippen molar-refractivity contribution in [1.29, 1.82) is 0 Å². The van der Waals surface area contributed by atoms with Crippen LogP contribution in [0.4, 0.5) is 0 Å². The Bertz CT molecular complexity index is 430. The fourth-order valence-corrected chi connectivity index (χ4v) is 5.26. The predicted molar refractivity (Wildman–Crippen MR) is 89.4 cm³/mol. The van der Waals surface area contributed by atoms with Crippen LogP contribution in [0, 0.1) is 0 Å². The Hall–Kier alpha value is -0.380. The maximum absolute atomic E-state index is 10.5. The summed E-state index contributed by atoms with van der Waals surface area (Å²) < 4.78 is 2.30. The molecule has 1 fully saturated rings. The predicted octanol–water partition coefficient (Wildman–Crippen LogP) is 4.38. The first-order valence-electron chi connectivity index (χ1n) is 7.99. The number of hydrogen-bond donors (Lipinski definition) is 1. The van der Waals surface area contributed by atoms with Crippen LogP contribution in [0.5, 0.6) is 0 Å². The van der Waals surface area contributed by atoms with Crippen LogP contribution in [0.3, 0.4) is 0 Å². The van der Waals surface area contributed by atoms with Crippen molar-refractivity contribution in [3.63, 3.8) is 0 Å². The quantitative estimate of drug-likeness (QED) is 0.815. The van der Waals surface area contributed by atoms with E-state index in [1.807, 2.05) is 6.92 Å². The molecule has 2 nitrogen and oxygen atoms in total. The molecular weight excluding hydrogens is 266 g/mol. The van der Waals surface area contributed by atoms with E-state index in [4.69, 9.17) is 0 Å². The van der Waals surface area contributed by atoms with E-state index in [-0.39, 0.29) is 10.7 Å². The fourth-order valence-electron chi connectivity index (χ4n) is 3.20. The highest BCUT2D eigenvalue weighted by molar-refractivity contribution is 7.32. The van der Waals surface area contributed by atoms with Crippen molar-refractivity contribution in [2.45, 2.75) is 70.3 Å². The van der Waals surface area contributed by atoms with Crippen LogP contribution in [0.15, 0.2) is 11.4 Å². The van der Waals surface area contributed by atoms with Crippen LogP contribution in [0.25, 0.3) is 0 Å². The summed E-state index contributed by atoms with van der Waals surface area (Å²) in [6, 6.07) is 2.36. The molecule has 0 amide bonds. The van der Waals surface area contributed by atoms with Gasteiger partial charge in [-0.2, -0.15) is 0 Å². The van der Waals surface area contributed by atoms with Gasteiger partial charge in [0.15, 0.2) is 10.3 Å².